The molecule has 0 saturated heterocycles. The molecular formula is C13H7BrClF3N2O. The first-order chi connectivity index (χ1) is 9.77. The van der Waals surface area contributed by atoms with Crippen LogP contribution in [0.4, 0.5) is 18.9 Å². The molecule has 0 aliphatic heterocycles. The van der Waals surface area contributed by atoms with Gasteiger partial charge in [-0.3, -0.25) is 9.78 Å². The first kappa shape index (κ1) is 15.8. The maximum atomic E-state index is 12.4. The average molecular weight is 380 g/mol. The van der Waals surface area contributed by atoms with E-state index in [1.165, 1.54) is 6.07 Å². The van der Waals surface area contributed by atoms with Crippen LogP contribution in [-0.4, -0.2) is 10.9 Å². The highest BCUT2D eigenvalue weighted by Crippen LogP contribution is 2.28. The van der Waals surface area contributed by atoms with Gasteiger partial charge in [0.1, 0.15) is 5.69 Å². The first-order valence-electron chi connectivity index (χ1n) is 5.57. The Morgan fingerprint density at radius 2 is 1.95 bits per heavy atom. The lowest BCUT2D eigenvalue weighted by molar-refractivity contribution is -0.141. The Kier molecular flexibility index (Phi) is 4.53. The van der Waals surface area contributed by atoms with Crippen LogP contribution in [0.3, 0.4) is 0 Å². The third kappa shape index (κ3) is 3.95. The van der Waals surface area contributed by atoms with Crippen LogP contribution in [0, 0.1) is 0 Å². The summed E-state index contributed by atoms with van der Waals surface area (Å²) in [4.78, 5) is 15.2. The summed E-state index contributed by atoms with van der Waals surface area (Å²) in [7, 11) is 0. The van der Waals surface area contributed by atoms with Crippen molar-refractivity contribution >= 4 is 39.1 Å². The molecule has 2 rings (SSSR count). The van der Waals surface area contributed by atoms with E-state index < -0.39 is 17.8 Å². The minimum Gasteiger partial charge on any atom is -0.321 e. The summed E-state index contributed by atoms with van der Waals surface area (Å²) in [6, 6.07) is 6.59. The van der Waals surface area contributed by atoms with Gasteiger partial charge in [-0.25, -0.2) is 0 Å². The number of halogens is 5. The van der Waals surface area contributed by atoms with Gasteiger partial charge in [0.2, 0.25) is 0 Å². The Bertz CT molecular complexity index is 674. The minimum absolute atomic E-state index is 0.00914. The van der Waals surface area contributed by atoms with Crippen molar-refractivity contribution in [3.8, 4) is 0 Å². The van der Waals surface area contributed by atoms with Gasteiger partial charge >= 0.3 is 6.18 Å². The number of carbonyl (C=O) groups is 1. The fraction of sp³-hybridized carbons (Fsp3) is 0.0769. The summed E-state index contributed by atoms with van der Waals surface area (Å²) >= 11 is 9.04. The lowest BCUT2D eigenvalue weighted by atomic mass is 10.2. The second-order valence-electron chi connectivity index (χ2n) is 4.01. The first-order valence-corrected chi connectivity index (χ1v) is 6.74. The van der Waals surface area contributed by atoms with E-state index in [9.17, 15) is 18.0 Å². The molecule has 1 amide bonds. The van der Waals surface area contributed by atoms with Crippen molar-refractivity contribution in [2.24, 2.45) is 0 Å². The van der Waals surface area contributed by atoms with Crippen LogP contribution in [0.15, 0.2) is 41.0 Å². The van der Waals surface area contributed by atoms with Gasteiger partial charge in [-0.05, 0) is 46.3 Å². The Balaban J connectivity index is 2.19. The van der Waals surface area contributed by atoms with Crippen LogP contribution in [0.1, 0.15) is 16.1 Å². The number of pyridine rings is 1. The van der Waals surface area contributed by atoms with Gasteiger partial charge in [0.05, 0.1) is 11.3 Å². The molecule has 1 N–H and O–H groups in total. The number of benzene rings is 1. The van der Waals surface area contributed by atoms with Crippen molar-refractivity contribution in [3.63, 3.8) is 0 Å². The molecule has 8 heteroatoms. The Labute approximate surface area is 131 Å². The number of alkyl halides is 3. The predicted molar refractivity (Wildman–Crippen MR) is 76.3 cm³/mol. The van der Waals surface area contributed by atoms with Crippen LogP contribution in [0.25, 0.3) is 0 Å². The molecule has 0 aliphatic rings. The number of nitrogens with zero attached hydrogens (tertiary/aromatic N) is 1. The molecule has 0 saturated carbocycles. The molecular weight excluding hydrogens is 373 g/mol. The van der Waals surface area contributed by atoms with Gasteiger partial charge in [-0.2, -0.15) is 13.2 Å². The van der Waals surface area contributed by atoms with Gasteiger partial charge in [0.15, 0.2) is 0 Å². The van der Waals surface area contributed by atoms with Crippen LogP contribution in [0.5, 0.6) is 0 Å². The van der Waals surface area contributed by atoms with E-state index >= 15 is 0 Å². The number of nitrogens with one attached hydrogen (secondary N) is 1. The van der Waals surface area contributed by atoms with Crippen molar-refractivity contribution in [3.05, 3.63) is 57.3 Å². The summed E-state index contributed by atoms with van der Waals surface area (Å²) in [6.45, 7) is 0. The summed E-state index contributed by atoms with van der Waals surface area (Å²) < 4.78 is 37.7. The van der Waals surface area contributed by atoms with E-state index in [-0.39, 0.29) is 5.56 Å². The van der Waals surface area contributed by atoms with Gasteiger partial charge in [0.25, 0.3) is 5.91 Å². The maximum Gasteiger partial charge on any atom is 0.433 e. The van der Waals surface area contributed by atoms with Crippen LogP contribution in [-0.2, 0) is 6.18 Å². The predicted octanol–water partition coefficient (Wildman–Crippen LogP) is 4.77. The lowest BCUT2D eigenvalue weighted by Gasteiger charge is -2.09. The molecule has 1 aromatic heterocycles. The molecule has 3 nitrogen and oxygen atoms in total. The lowest BCUT2D eigenvalue weighted by Crippen LogP contribution is -2.14. The fourth-order valence-electron chi connectivity index (χ4n) is 1.48. The van der Waals surface area contributed by atoms with Crippen molar-refractivity contribution in [1.82, 2.24) is 4.98 Å². The minimum atomic E-state index is -4.54. The molecule has 0 atom stereocenters. The highest BCUT2D eigenvalue weighted by molar-refractivity contribution is 9.10. The number of aromatic nitrogens is 1. The summed E-state index contributed by atoms with van der Waals surface area (Å²) in [5.74, 6) is -0.584. The molecule has 110 valence electrons. The molecule has 2 aromatic rings. The highest BCUT2D eigenvalue weighted by Gasteiger charge is 2.32. The molecule has 1 aromatic carbocycles. The highest BCUT2D eigenvalue weighted by atomic mass is 79.9. The van der Waals surface area contributed by atoms with Gasteiger partial charge in [0, 0.05) is 15.7 Å². The molecule has 0 spiro atoms. The van der Waals surface area contributed by atoms with E-state index in [1.807, 2.05) is 0 Å². The number of hydrogen-bond acceptors (Lipinski definition) is 2. The zero-order valence-corrected chi connectivity index (χ0v) is 12.6. The van der Waals surface area contributed by atoms with Crippen molar-refractivity contribution in [2.45, 2.75) is 6.18 Å². The molecule has 0 radical (unpaired) electrons. The molecule has 21 heavy (non-hydrogen) atoms. The standard InChI is InChI=1S/C13H7BrClF3N2O/c14-9-3-2-8(15)5-10(9)20-12(21)7-1-4-11(19-6-7)13(16,17)18/h1-6H,(H,20,21). The van der Waals surface area contributed by atoms with Crippen LogP contribution < -0.4 is 5.32 Å². The summed E-state index contributed by atoms with van der Waals surface area (Å²) in [5, 5.41) is 2.95. The van der Waals surface area contributed by atoms with Gasteiger partial charge < -0.3 is 5.32 Å². The van der Waals surface area contributed by atoms with Crippen LogP contribution in [0.2, 0.25) is 5.02 Å². The van der Waals surface area contributed by atoms with Crippen molar-refractivity contribution < 1.29 is 18.0 Å². The van der Waals surface area contributed by atoms with Gasteiger partial charge in [-0.1, -0.05) is 11.6 Å². The average Bonchev–Trinajstić information content (AvgIpc) is 2.42. The van der Waals surface area contributed by atoms with Crippen molar-refractivity contribution in [1.29, 1.82) is 0 Å². The molecule has 0 bridgehead atoms. The van der Waals surface area contributed by atoms with Crippen LogP contribution >= 0.6 is 27.5 Å². The third-order valence-electron chi connectivity index (χ3n) is 2.49. The Morgan fingerprint density at radius 1 is 1.24 bits per heavy atom. The van der Waals surface area contributed by atoms with E-state index in [2.05, 4.69) is 26.2 Å². The Hall–Kier alpha value is -1.60. The number of anilines is 1. The van der Waals surface area contributed by atoms with E-state index in [0.29, 0.717) is 15.2 Å². The van der Waals surface area contributed by atoms with E-state index in [0.717, 1.165) is 18.3 Å². The largest absolute Gasteiger partial charge is 0.433 e. The molecule has 0 fully saturated rings. The Morgan fingerprint density at radius 3 is 2.52 bits per heavy atom. The summed E-state index contributed by atoms with van der Waals surface area (Å²) in [6.07, 6.45) is -3.67. The van der Waals surface area contributed by atoms with Crippen molar-refractivity contribution in [2.75, 3.05) is 5.32 Å². The maximum absolute atomic E-state index is 12.4. The molecule has 0 aliphatic carbocycles. The second kappa shape index (κ2) is 6.03. The number of amides is 1. The van der Waals surface area contributed by atoms with E-state index in [4.69, 9.17) is 11.6 Å². The monoisotopic (exact) mass is 378 g/mol. The number of rotatable bonds is 2. The quantitative estimate of drug-likeness (QED) is 0.817. The van der Waals surface area contributed by atoms with E-state index in [1.54, 1.807) is 12.1 Å². The SMILES string of the molecule is O=C(Nc1cc(Cl)ccc1Br)c1ccc(C(F)(F)F)nc1. The third-order valence-corrected chi connectivity index (χ3v) is 3.42. The molecule has 0 unspecified atom stereocenters. The zero-order valence-electron chi connectivity index (χ0n) is 10.2. The fourth-order valence-corrected chi connectivity index (χ4v) is 2.00. The smallest absolute Gasteiger partial charge is 0.321 e. The van der Waals surface area contributed by atoms with Gasteiger partial charge in [-0.15, -0.1) is 0 Å². The topological polar surface area (TPSA) is 42.0 Å². The number of carbonyl (C=O) groups excluding carboxylic acids is 1. The molecule has 1 heterocycles. The second-order valence-corrected chi connectivity index (χ2v) is 5.30. The zero-order chi connectivity index (χ0) is 15.6. The number of hydrogen-bond donors (Lipinski definition) is 1. The normalized spacial score (nSPS) is 11.3. The summed E-state index contributed by atoms with van der Waals surface area (Å²) in [5.41, 5.74) is -0.634.